The Kier molecular flexibility index (Phi) is 2.92. The lowest BCUT2D eigenvalue weighted by atomic mass is 10.2. The van der Waals surface area contributed by atoms with E-state index < -0.39 is 0 Å². The largest absolute Gasteiger partial charge is 0.376 e. The zero-order chi connectivity index (χ0) is 10.7. The molecule has 0 aliphatic rings. The zero-order valence-electron chi connectivity index (χ0n) is 8.42. The van der Waals surface area contributed by atoms with Gasteiger partial charge in [-0.05, 0) is 18.6 Å². The Balaban J connectivity index is 2.11. The summed E-state index contributed by atoms with van der Waals surface area (Å²) in [6, 6.07) is 5.84. The Morgan fingerprint density at radius 2 is 2.33 bits per heavy atom. The molecule has 0 unspecified atom stereocenters. The van der Waals surface area contributed by atoms with Crippen LogP contribution in [-0.2, 0) is 6.54 Å². The van der Waals surface area contributed by atoms with Crippen LogP contribution in [0.5, 0.6) is 0 Å². The van der Waals surface area contributed by atoms with Crippen molar-refractivity contribution in [3.8, 4) is 0 Å². The van der Waals surface area contributed by atoms with Gasteiger partial charge in [-0.25, -0.2) is 4.98 Å². The summed E-state index contributed by atoms with van der Waals surface area (Å²) in [5, 5.41) is 4.00. The van der Waals surface area contributed by atoms with Crippen LogP contribution in [0, 0.1) is 6.92 Å². The Hall–Kier alpha value is -1.48. The van der Waals surface area contributed by atoms with Gasteiger partial charge in [0.15, 0.2) is 0 Å². The molecule has 1 aromatic carbocycles. The van der Waals surface area contributed by atoms with Crippen LogP contribution in [0.25, 0.3) is 0 Å². The van der Waals surface area contributed by atoms with E-state index in [1.807, 2.05) is 25.1 Å². The highest BCUT2D eigenvalue weighted by atomic mass is 35.5. The van der Waals surface area contributed by atoms with Crippen molar-refractivity contribution in [1.29, 1.82) is 0 Å². The molecule has 1 aromatic heterocycles. The third-order valence-electron chi connectivity index (χ3n) is 2.21. The van der Waals surface area contributed by atoms with Gasteiger partial charge in [-0.1, -0.05) is 23.7 Å². The number of H-pyrrole nitrogens is 1. The number of hydrogen-bond donors (Lipinski definition) is 2. The average Bonchev–Trinajstić information content (AvgIpc) is 2.70. The highest BCUT2D eigenvalue weighted by Crippen LogP contribution is 2.25. The molecule has 2 N–H and O–H groups in total. The Morgan fingerprint density at radius 3 is 3.00 bits per heavy atom. The Labute approximate surface area is 93.5 Å². The fourth-order valence-corrected chi connectivity index (χ4v) is 1.71. The van der Waals surface area contributed by atoms with E-state index in [1.54, 1.807) is 12.4 Å². The number of aromatic amines is 1. The topological polar surface area (TPSA) is 40.7 Å². The molecule has 0 aliphatic carbocycles. The SMILES string of the molecule is Cc1cccc(Cl)c1NCc1ncc[nH]1. The number of nitrogens with one attached hydrogen (secondary N) is 2. The number of benzene rings is 1. The van der Waals surface area contributed by atoms with Gasteiger partial charge in [0.05, 0.1) is 17.3 Å². The molecule has 0 aliphatic heterocycles. The normalized spacial score (nSPS) is 10.3. The fraction of sp³-hybridized carbons (Fsp3) is 0.182. The smallest absolute Gasteiger partial charge is 0.125 e. The van der Waals surface area contributed by atoms with E-state index in [0.717, 1.165) is 22.1 Å². The minimum Gasteiger partial charge on any atom is -0.376 e. The van der Waals surface area contributed by atoms with Crippen LogP contribution in [0.15, 0.2) is 30.6 Å². The van der Waals surface area contributed by atoms with Gasteiger partial charge in [-0.15, -0.1) is 0 Å². The van der Waals surface area contributed by atoms with Gasteiger partial charge in [0.1, 0.15) is 5.82 Å². The second-order valence-corrected chi connectivity index (χ2v) is 3.73. The molecule has 1 heterocycles. The van der Waals surface area contributed by atoms with E-state index in [2.05, 4.69) is 15.3 Å². The molecule has 2 aromatic rings. The van der Waals surface area contributed by atoms with Gasteiger partial charge >= 0.3 is 0 Å². The van der Waals surface area contributed by atoms with Crippen molar-refractivity contribution in [3.05, 3.63) is 47.0 Å². The summed E-state index contributed by atoms with van der Waals surface area (Å²) < 4.78 is 0. The molecule has 4 heteroatoms. The minimum atomic E-state index is 0.650. The second kappa shape index (κ2) is 4.36. The summed E-state index contributed by atoms with van der Waals surface area (Å²) >= 11 is 6.08. The van der Waals surface area contributed by atoms with Gasteiger partial charge in [0.25, 0.3) is 0 Å². The number of nitrogens with zero attached hydrogens (tertiary/aromatic N) is 1. The lowest BCUT2D eigenvalue weighted by Crippen LogP contribution is -2.03. The van der Waals surface area contributed by atoms with E-state index in [4.69, 9.17) is 11.6 Å². The molecular formula is C11H12ClN3. The number of aromatic nitrogens is 2. The molecule has 0 spiro atoms. The number of imidazole rings is 1. The number of hydrogen-bond acceptors (Lipinski definition) is 2. The molecule has 0 amide bonds. The molecule has 0 fully saturated rings. The molecule has 0 radical (unpaired) electrons. The maximum Gasteiger partial charge on any atom is 0.125 e. The third-order valence-corrected chi connectivity index (χ3v) is 2.52. The molecule has 2 rings (SSSR count). The van der Waals surface area contributed by atoms with E-state index in [0.29, 0.717) is 6.54 Å². The second-order valence-electron chi connectivity index (χ2n) is 3.32. The third kappa shape index (κ3) is 2.30. The minimum absolute atomic E-state index is 0.650. The molecule has 0 atom stereocenters. The molecule has 78 valence electrons. The first kappa shape index (κ1) is 10.1. The van der Waals surface area contributed by atoms with Crippen LogP contribution in [0.3, 0.4) is 0 Å². The lowest BCUT2D eigenvalue weighted by Gasteiger charge is -2.09. The van der Waals surface area contributed by atoms with Crippen LogP contribution >= 0.6 is 11.6 Å². The standard InChI is InChI=1S/C11H12ClN3/c1-8-3-2-4-9(12)11(8)15-7-10-13-5-6-14-10/h2-6,15H,7H2,1H3,(H,13,14). The van der Waals surface area contributed by atoms with E-state index in [1.165, 1.54) is 0 Å². The zero-order valence-corrected chi connectivity index (χ0v) is 9.17. The van der Waals surface area contributed by atoms with E-state index >= 15 is 0 Å². The number of para-hydroxylation sites is 1. The molecule has 0 saturated heterocycles. The quantitative estimate of drug-likeness (QED) is 0.837. The van der Waals surface area contributed by atoms with Crippen LogP contribution in [0.4, 0.5) is 5.69 Å². The van der Waals surface area contributed by atoms with Gasteiger partial charge in [0, 0.05) is 12.4 Å². The number of anilines is 1. The first-order chi connectivity index (χ1) is 7.27. The van der Waals surface area contributed by atoms with Crippen LogP contribution in [0.2, 0.25) is 5.02 Å². The monoisotopic (exact) mass is 221 g/mol. The van der Waals surface area contributed by atoms with Gasteiger partial charge in [-0.2, -0.15) is 0 Å². The molecular weight excluding hydrogens is 210 g/mol. The summed E-state index contributed by atoms with van der Waals surface area (Å²) in [6.07, 6.45) is 3.53. The average molecular weight is 222 g/mol. The van der Waals surface area contributed by atoms with Gasteiger partial charge in [-0.3, -0.25) is 0 Å². The predicted octanol–water partition coefficient (Wildman–Crippen LogP) is 2.98. The van der Waals surface area contributed by atoms with E-state index in [-0.39, 0.29) is 0 Å². The van der Waals surface area contributed by atoms with Gasteiger partial charge < -0.3 is 10.3 Å². The van der Waals surface area contributed by atoms with Crippen molar-refractivity contribution in [3.63, 3.8) is 0 Å². The Bertz CT molecular complexity index is 417. The van der Waals surface area contributed by atoms with Crippen molar-refractivity contribution in [2.45, 2.75) is 13.5 Å². The van der Waals surface area contributed by atoms with Crippen molar-refractivity contribution >= 4 is 17.3 Å². The molecule has 15 heavy (non-hydrogen) atoms. The molecule has 0 saturated carbocycles. The summed E-state index contributed by atoms with van der Waals surface area (Å²) in [4.78, 5) is 7.16. The maximum absolute atomic E-state index is 6.08. The highest BCUT2D eigenvalue weighted by molar-refractivity contribution is 6.33. The van der Waals surface area contributed by atoms with E-state index in [9.17, 15) is 0 Å². The van der Waals surface area contributed by atoms with Gasteiger partial charge in [0.2, 0.25) is 0 Å². The van der Waals surface area contributed by atoms with Crippen molar-refractivity contribution in [2.24, 2.45) is 0 Å². The summed E-state index contributed by atoms with van der Waals surface area (Å²) in [7, 11) is 0. The molecule has 0 bridgehead atoms. The first-order valence-corrected chi connectivity index (χ1v) is 5.12. The van der Waals surface area contributed by atoms with Crippen LogP contribution in [0.1, 0.15) is 11.4 Å². The Morgan fingerprint density at radius 1 is 1.47 bits per heavy atom. The van der Waals surface area contributed by atoms with Crippen molar-refractivity contribution < 1.29 is 0 Å². The first-order valence-electron chi connectivity index (χ1n) is 4.74. The molecule has 3 nitrogen and oxygen atoms in total. The summed E-state index contributed by atoms with van der Waals surface area (Å²) in [5.74, 6) is 0.898. The number of aryl methyl sites for hydroxylation is 1. The fourth-order valence-electron chi connectivity index (χ4n) is 1.42. The lowest BCUT2D eigenvalue weighted by molar-refractivity contribution is 0.998. The summed E-state index contributed by atoms with van der Waals surface area (Å²) in [5.41, 5.74) is 2.10. The van der Waals surface area contributed by atoms with Crippen LogP contribution in [-0.4, -0.2) is 9.97 Å². The maximum atomic E-state index is 6.08. The number of halogens is 1. The predicted molar refractivity (Wildman–Crippen MR) is 62.1 cm³/mol. The summed E-state index contributed by atoms with van der Waals surface area (Å²) in [6.45, 7) is 2.67. The van der Waals surface area contributed by atoms with Crippen LogP contribution < -0.4 is 5.32 Å². The van der Waals surface area contributed by atoms with Crippen molar-refractivity contribution in [1.82, 2.24) is 9.97 Å². The highest BCUT2D eigenvalue weighted by Gasteiger charge is 2.03. The number of rotatable bonds is 3. The van der Waals surface area contributed by atoms with Crippen molar-refractivity contribution in [2.75, 3.05) is 5.32 Å².